The molecule has 1 atom stereocenters. The Bertz CT molecular complexity index is 670. The van der Waals surface area contributed by atoms with E-state index in [0.29, 0.717) is 6.08 Å². The summed E-state index contributed by atoms with van der Waals surface area (Å²) in [4.78, 5) is 11.1. The molecule has 15 heteroatoms. The Hall–Kier alpha value is -1.51. The third-order valence-electron chi connectivity index (χ3n) is 2.80. The zero-order valence-electron chi connectivity index (χ0n) is 13.1. The van der Waals surface area contributed by atoms with Crippen molar-refractivity contribution >= 4 is 16.0 Å². The molecule has 0 aromatic rings. The van der Waals surface area contributed by atoms with Crippen LogP contribution in [0.4, 0.5) is 39.5 Å². The van der Waals surface area contributed by atoms with E-state index < -0.39 is 50.9 Å². The van der Waals surface area contributed by atoms with Crippen LogP contribution in [0, 0.1) is 0 Å². The SMILES string of the molecule is COC(=O)C(C)=CC(C)NS(=O)(=O)C(F)(F)C(F)(F)C(F)(F)C(F)(F)F. The highest BCUT2D eigenvalue weighted by molar-refractivity contribution is 7.90. The van der Waals surface area contributed by atoms with Crippen LogP contribution in [0.1, 0.15) is 13.8 Å². The maximum absolute atomic E-state index is 13.4. The first-order valence-corrected chi connectivity index (χ1v) is 7.73. The standard InChI is InChI=1S/C11H12F9NO4S/c1-5(7(22)25-3)4-6(2)21-26(23,24)11(19,20)9(14,15)8(12,13)10(16,17)18/h4,6,21H,1-3H3. The van der Waals surface area contributed by atoms with Crippen LogP contribution in [-0.2, 0) is 19.6 Å². The third kappa shape index (κ3) is 4.24. The van der Waals surface area contributed by atoms with Gasteiger partial charge in [-0.05, 0) is 13.8 Å². The summed E-state index contributed by atoms with van der Waals surface area (Å²) in [6.45, 7) is 1.72. The van der Waals surface area contributed by atoms with E-state index in [1.54, 1.807) is 0 Å². The maximum atomic E-state index is 13.4. The van der Waals surface area contributed by atoms with E-state index in [9.17, 15) is 52.7 Å². The maximum Gasteiger partial charge on any atom is 0.460 e. The average Bonchev–Trinajstić information content (AvgIpc) is 2.43. The summed E-state index contributed by atoms with van der Waals surface area (Å²) in [6, 6.07) is -1.86. The van der Waals surface area contributed by atoms with Crippen LogP contribution in [0.25, 0.3) is 0 Å². The molecule has 0 radical (unpaired) electrons. The molecule has 0 aromatic carbocycles. The van der Waals surface area contributed by atoms with Crippen LogP contribution in [0.3, 0.4) is 0 Å². The predicted octanol–water partition coefficient (Wildman–Crippen LogP) is 2.84. The molecule has 0 aliphatic carbocycles. The molecule has 0 fully saturated rings. The van der Waals surface area contributed by atoms with E-state index in [-0.39, 0.29) is 0 Å². The van der Waals surface area contributed by atoms with Gasteiger partial charge in [-0.15, -0.1) is 0 Å². The molecule has 154 valence electrons. The van der Waals surface area contributed by atoms with Crippen molar-refractivity contribution in [1.82, 2.24) is 4.72 Å². The highest BCUT2D eigenvalue weighted by Gasteiger charge is 2.85. The summed E-state index contributed by atoms with van der Waals surface area (Å²) in [5, 5.41) is -6.85. The molecule has 1 unspecified atom stereocenters. The van der Waals surface area contributed by atoms with E-state index in [1.165, 1.54) is 0 Å². The largest absolute Gasteiger partial charge is 0.466 e. The van der Waals surface area contributed by atoms with Gasteiger partial charge in [-0.3, -0.25) is 0 Å². The number of sulfonamides is 1. The quantitative estimate of drug-likeness (QED) is 0.387. The summed E-state index contributed by atoms with van der Waals surface area (Å²) < 4.78 is 142. The van der Waals surface area contributed by atoms with Crippen LogP contribution in [0.15, 0.2) is 11.6 Å². The van der Waals surface area contributed by atoms with Gasteiger partial charge in [0.15, 0.2) is 0 Å². The van der Waals surface area contributed by atoms with Crippen LogP contribution in [0.5, 0.6) is 0 Å². The fourth-order valence-electron chi connectivity index (χ4n) is 1.49. The lowest BCUT2D eigenvalue weighted by Gasteiger charge is -2.33. The predicted molar refractivity (Wildman–Crippen MR) is 68.2 cm³/mol. The highest BCUT2D eigenvalue weighted by Crippen LogP contribution is 2.54. The Balaban J connectivity index is 5.88. The molecule has 26 heavy (non-hydrogen) atoms. The van der Waals surface area contributed by atoms with Crippen LogP contribution in [0.2, 0.25) is 0 Å². The van der Waals surface area contributed by atoms with Crippen molar-refractivity contribution in [3.8, 4) is 0 Å². The monoisotopic (exact) mass is 425 g/mol. The fraction of sp³-hybridized carbons (Fsp3) is 0.727. The molecule has 5 nitrogen and oxygen atoms in total. The van der Waals surface area contributed by atoms with E-state index in [4.69, 9.17) is 0 Å². The van der Waals surface area contributed by atoms with Crippen molar-refractivity contribution in [1.29, 1.82) is 0 Å². The number of carbonyl (C=O) groups excluding carboxylic acids is 1. The minimum absolute atomic E-state index is 0.390. The van der Waals surface area contributed by atoms with Crippen molar-refractivity contribution < 1.29 is 57.5 Å². The average molecular weight is 425 g/mol. The van der Waals surface area contributed by atoms with Crippen molar-refractivity contribution in [3.63, 3.8) is 0 Å². The topological polar surface area (TPSA) is 72.5 Å². The van der Waals surface area contributed by atoms with E-state index in [0.717, 1.165) is 25.7 Å². The fourth-order valence-corrected chi connectivity index (χ4v) is 2.66. The number of alkyl halides is 9. The molecule has 0 aliphatic rings. The van der Waals surface area contributed by atoms with Crippen LogP contribution in [-0.4, -0.2) is 50.8 Å². The van der Waals surface area contributed by atoms with Gasteiger partial charge >= 0.3 is 29.2 Å². The van der Waals surface area contributed by atoms with E-state index >= 15 is 0 Å². The van der Waals surface area contributed by atoms with Gasteiger partial charge in [0, 0.05) is 11.6 Å². The molecular weight excluding hydrogens is 413 g/mol. The minimum atomic E-state index is -7.35. The van der Waals surface area contributed by atoms with Crippen molar-refractivity contribution in [2.24, 2.45) is 0 Å². The summed E-state index contributed by atoms with van der Waals surface area (Å²) in [6.07, 6.45) is -6.57. The molecular formula is C11H12F9NO4S. The van der Waals surface area contributed by atoms with Gasteiger partial charge in [-0.25, -0.2) is 17.9 Å². The molecule has 0 rings (SSSR count). The number of esters is 1. The molecule has 0 bridgehead atoms. The van der Waals surface area contributed by atoms with Gasteiger partial charge in [0.1, 0.15) is 0 Å². The van der Waals surface area contributed by atoms with Crippen LogP contribution >= 0.6 is 0 Å². The molecule has 0 heterocycles. The summed E-state index contributed by atoms with van der Waals surface area (Å²) in [5.74, 6) is -15.7. The first-order chi connectivity index (χ1) is 11.3. The highest BCUT2D eigenvalue weighted by atomic mass is 32.2. The second-order valence-electron chi connectivity index (χ2n) is 4.91. The number of nitrogens with one attached hydrogen (secondary N) is 1. The van der Waals surface area contributed by atoms with Gasteiger partial charge in [-0.1, -0.05) is 6.08 Å². The normalized spacial score (nSPS) is 16.4. The van der Waals surface area contributed by atoms with Crippen molar-refractivity contribution in [2.45, 2.75) is 43.2 Å². The van der Waals surface area contributed by atoms with Gasteiger partial charge in [-0.2, -0.15) is 39.5 Å². The van der Waals surface area contributed by atoms with Crippen molar-refractivity contribution in [3.05, 3.63) is 11.6 Å². The Morgan fingerprint density at radius 1 is 1.00 bits per heavy atom. The van der Waals surface area contributed by atoms with Crippen molar-refractivity contribution in [2.75, 3.05) is 7.11 Å². The van der Waals surface area contributed by atoms with Crippen LogP contribution < -0.4 is 4.72 Å². The Labute approximate surface area is 141 Å². The molecule has 0 amide bonds. The van der Waals surface area contributed by atoms with E-state index in [2.05, 4.69) is 4.74 Å². The number of hydrogen-bond acceptors (Lipinski definition) is 4. The smallest absolute Gasteiger partial charge is 0.460 e. The lowest BCUT2D eigenvalue weighted by atomic mass is 10.1. The summed E-state index contributed by atoms with van der Waals surface area (Å²) in [7, 11) is -5.86. The number of methoxy groups -OCH3 is 1. The second kappa shape index (κ2) is 7.25. The number of carbonyl (C=O) groups is 1. The van der Waals surface area contributed by atoms with Gasteiger partial charge in [0.05, 0.1) is 7.11 Å². The number of ether oxygens (including phenoxy) is 1. The zero-order chi connectivity index (χ0) is 21.4. The van der Waals surface area contributed by atoms with Gasteiger partial charge in [0.25, 0.3) is 10.0 Å². The molecule has 1 N–H and O–H groups in total. The molecule has 0 saturated heterocycles. The number of rotatable bonds is 7. The molecule has 0 saturated carbocycles. The summed E-state index contributed by atoms with van der Waals surface area (Å²) >= 11 is 0. The van der Waals surface area contributed by atoms with E-state index in [1.807, 2.05) is 0 Å². The Kier molecular flexibility index (Phi) is 6.83. The first kappa shape index (κ1) is 24.5. The lowest BCUT2D eigenvalue weighted by molar-refractivity contribution is -0.382. The van der Waals surface area contributed by atoms with Gasteiger partial charge < -0.3 is 4.74 Å². The Morgan fingerprint density at radius 2 is 1.42 bits per heavy atom. The molecule has 0 aromatic heterocycles. The number of halogens is 9. The minimum Gasteiger partial charge on any atom is -0.466 e. The van der Waals surface area contributed by atoms with Gasteiger partial charge in [0.2, 0.25) is 0 Å². The summed E-state index contributed by atoms with van der Waals surface area (Å²) in [5.41, 5.74) is -0.390. The first-order valence-electron chi connectivity index (χ1n) is 6.25. The molecule has 0 aliphatic heterocycles. The number of hydrogen-bond donors (Lipinski definition) is 1. The zero-order valence-corrected chi connectivity index (χ0v) is 13.9. The second-order valence-corrected chi connectivity index (χ2v) is 6.67. The molecule has 0 spiro atoms. The third-order valence-corrected chi connectivity index (χ3v) is 4.42. The Morgan fingerprint density at radius 3 is 1.77 bits per heavy atom. The lowest BCUT2D eigenvalue weighted by Crippen LogP contribution is -2.65.